The van der Waals surface area contributed by atoms with E-state index in [-0.39, 0.29) is 12.0 Å². The maximum atomic E-state index is 10.0. The van der Waals surface area contributed by atoms with Crippen molar-refractivity contribution < 1.29 is 9.84 Å². The molecule has 2 fully saturated rings. The van der Waals surface area contributed by atoms with Crippen LogP contribution in [0.25, 0.3) is 10.9 Å². The average molecular weight is 344 g/mol. The zero-order valence-electron chi connectivity index (χ0n) is 14.3. The lowest BCUT2D eigenvalue weighted by molar-refractivity contribution is -0.0410. The molecule has 2 aliphatic heterocycles. The molecule has 24 heavy (non-hydrogen) atoms. The van der Waals surface area contributed by atoms with E-state index in [0.717, 1.165) is 44.1 Å². The number of aliphatic hydroxyl groups excluding tert-OH is 1. The van der Waals surface area contributed by atoms with Gasteiger partial charge in [-0.1, -0.05) is 6.07 Å². The summed E-state index contributed by atoms with van der Waals surface area (Å²) in [5.41, 5.74) is 2.29. The SMILES string of the molecule is CSc1ccc2c(C)cc(N3C[C@@H]4COCC[C@]4(CO)C3)nc2c1. The fourth-order valence-electron chi connectivity index (χ4n) is 4.13. The van der Waals surface area contributed by atoms with Crippen LogP contribution in [0.15, 0.2) is 29.2 Å². The summed E-state index contributed by atoms with van der Waals surface area (Å²) < 4.78 is 5.66. The first-order valence-electron chi connectivity index (χ1n) is 8.54. The van der Waals surface area contributed by atoms with Crippen molar-refractivity contribution in [3.8, 4) is 0 Å². The number of hydrogen-bond donors (Lipinski definition) is 1. The highest BCUT2D eigenvalue weighted by molar-refractivity contribution is 7.98. The summed E-state index contributed by atoms with van der Waals surface area (Å²) in [7, 11) is 0. The van der Waals surface area contributed by atoms with Gasteiger partial charge in [0.05, 0.1) is 18.7 Å². The fourth-order valence-corrected chi connectivity index (χ4v) is 4.57. The fraction of sp³-hybridized carbons (Fsp3) is 0.526. The van der Waals surface area contributed by atoms with Crippen LogP contribution in [0.1, 0.15) is 12.0 Å². The number of ether oxygens (including phenoxy) is 1. The normalized spacial score (nSPS) is 26.8. The number of anilines is 1. The third kappa shape index (κ3) is 2.59. The van der Waals surface area contributed by atoms with E-state index in [1.165, 1.54) is 15.8 Å². The zero-order valence-corrected chi connectivity index (χ0v) is 15.1. The molecule has 0 saturated carbocycles. The first kappa shape index (κ1) is 16.2. The van der Waals surface area contributed by atoms with Gasteiger partial charge in [0, 0.05) is 41.3 Å². The van der Waals surface area contributed by atoms with Gasteiger partial charge in [-0.25, -0.2) is 4.98 Å². The number of thioether (sulfide) groups is 1. The average Bonchev–Trinajstić information content (AvgIpc) is 3.01. The Balaban J connectivity index is 1.71. The molecule has 1 aromatic carbocycles. The summed E-state index contributed by atoms with van der Waals surface area (Å²) in [5.74, 6) is 1.42. The van der Waals surface area contributed by atoms with Gasteiger partial charge in [-0.2, -0.15) is 0 Å². The molecular formula is C19H24N2O2S. The Hall–Kier alpha value is -1.30. The number of aromatic nitrogens is 1. The second kappa shape index (κ2) is 6.21. The van der Waals surface area contributed by atoms with E-state index >= 15 is 0 Å². The van der Waals surface area contributed by atoms with Crippen molar-refractivity contribution in [2.24, 2.45) is 11.3 Å². The number of fused-ring (bicyclic) bond motifs is 2. The van der Waals surface area contributed by atoms with Gasteiger partial charge in [-0.3, -0.25) is 0 Å². The predicted octanol–water partition coefficient (Wildman–Crippen LogP) is 3.10. The summed E-state index contributed by atoms with van der Waals surface area (Å²) in [4.78, 5) is 8.52. The number of aryl methyl sites for hydroxylation is 1. The quantitative estimate of drug-likeness (QED) is 0.867. The van der Waals surface area contributed by atoms with Crippen LogP contribution in [0, 0.1) is 18.3 Å². The molecule has 2 atom stereocenters. The number of aliphatic hydroxyl groups is 1. The Morgan fingerprint density at radius 2 is 2.29 bits per heavy atom. The molecule has 0 unspecified atom stereocenters. The summed E-state index contributed by atoms with van der Waals surface area (Å²) >= 11 is 1.74. The molecule has 2 aromatic rings. The molecule has 0 aliphatic carbocycles. The van der Waals surface area contributed by atoms with Crippen LogP contribution in [-0.2, 0) is 4.74 Å². The highest BCUT2D eigenvalue weighted by Crippen LogP contribution is 2.43. The molecule has 4 rings (SSSR count). The molecule has 4 nitrogen and oxygen atoms in total. The van der Waals surface area contributed by atoms with E-state index in [4.69, 9.17) is 9.72 Å². The van der Waals surface area contributed by atoms with Crippen LogP contribution in [0.3, 0.4) is 0 Å². The maximum Gasteiger partial charge on any atom is 0.129 e. The first-order chi connectivity index (χ1) is 11.6. The van der Waals surface area contributed by atoms with Crippen LogP contribution in [-0.4, -0.2) is 49.3 Å². The van der Waals surface area contributed by atoms with Crippen molar-refractivity contribution in [1.82, 2.24) is 4.98 Å². The van der Waals surface area contributed by atoms with Gasteiger partial charge < -0.3 is 14.7 Å². The van der Waals surface area contributed by atoms with Gasteiger partial charge in [0.1, 0.15) is 5.82 Å². The van der Waals surface area contributed by atoms with E-state index in [9.17, 15) is 5.11 Å². The topological polar surface area (TPSA) is 45.6 Å². The van der Waals surface area contributed by atoms with Crippen LogP contribution < -0.4 is 4.90 Å². The Bertz CT molecular complexity index is 766. The molecule has 3 heterocycles. The number of benzene rings is 1. The van der Waals surface area contributed by atoms with Crippen molar-refractivity contribution in [2.45, 2.75) is 18.2 Å². The molecule has 2 aliphatic rings. The van der Waals surface area contributed by atoms with Gasteiger partial charge in [-0.15, -0.1) is 11.8 Å². The Morgan fingerprint density at radius 3 is 3.04 bits per heavy atom. The Morgan fingerprint density at radius 1 is 1.42 bits per heavy atom. The van der Waals surface area contributed by atoms with Gasteiger partial charge in [0.25, 0.3) is 0 Å². The lowest BCUT2D eigenvalue weighted by Gasteiger charge is -2.36. The minimum Gasteiger partial charge on any atom is -0.396 e. The summed E-state index contributed by atoms with van der Waals surface area (Å²) in [6, 6.07) is 8.68. The minimum atomic E-state index is -0.0239. The third-order valence-corrected chi connectivity index (χ3v) is 6.45. The standard InChI is InChI=1S/C19H24N2O2S/c1-13-7-18(20-17-8-15(24-2)3-4-16(13)17)21-9-14-10-23-6-5-19(14,11-21)12-22/h3-4,7-8,14,22H,5-6,9-12H2,1-2H3/t14-,19-/m1/s1. The van der Waals surface area contributed by atoms with Gasteiger partial charge in [0.2, 0.25) is 0 Å². The van der Waals surface area contributed by atoms with Gasteiger partial charge in [0.15, 0.2) is 0 Å². The van der Waals surface area contributed by atoms with Crippen LogP contribution in [0.2, 0.25) is 0 Å². The Labute approximate surface area is 147 Å². The van der Waals surface area contributed by atoms with Gasteiger partial charge >= 0.3 is 0 Å². The largest absolute Gasteiger partial charge is 0.396 e. The molecule has 128 valence electrons. The predicted molar refractivity (Wildman–Crippen MR) is 98.9 cm³/mol. The molecule has 0 amide bonds. The lowest BCUT2D eigenvalue weighted by Crippen LogP contribution is -2.41. The monoisotopic (exact) mass is 344 g/mol. The van der Waals surface area contributed by atoms with Crippen LogP contribution >= 0.6 is 11.8 Å². The number of rotatable bonds is 3. The van der Waals surface area contributed by atoms with Crippen LogP contribution in [0.5, 0.6) is 0 Å². The Kier molecular flexibility index (Phi) is 4.19. The summed E-state index contributed by atoms with van der Waals surface area (Å²) in [5, 5.41) is 11.2. The highest BCUT2D eigenvalue weighted by atomic mass is 32.2. The number of pyridine rings is 1. The van der Waals surface area contributed by atoms with Crippen molar-refractivity contribution >= 4 is 28.5 Å². The van der Waals surface area contributed by atoms with Gasteiger partial charge in [-0.05, 0) is 43.4 Å². The minimum absolute atomic E-state index is 0.0239. The van der Waals surface area contributed by atoms with E-state index < -0.39 is 0 Å². The molecule has 5 heteroatoms. The number of nitrogens with zero attached hydrogens (tertiary/aromatic N) is 2. The molecule has 1 aromatic heterocycles. The van der Waals surface area contributed by atoms with E-state index in [1.807, 2.05) is 0 Å². The second-order valence-corrected chi connectivity index (χ2v) is 7.98. The molecule has 0 radical (unpaired) electrons. The summed E-state index contributed by atoms with van der Waals surface area (Å²) in [6.45, 7) is 5.69. The molecule has 1 N–H and O–H groups in total. The highest BCUT2D eigenvalue weighted by Gasteiger charge is 2.48. The van der Waals surface area contributed by atoms with Crippen molar-refractivity contribution in [3.05, 3.63) is 29.8 Å². The lowest BCUT2D eigenvalue weighted by atomic mass is 9.75. The second-order valence-electron chi connectivity index (χ2n) is 7.10. The van der Waals surface area contributed by atoms with Crippen molar-refractivity contribution in [1.29, 1.82) is 0 Å². The third-order valence-electron chi connectivity index (χ3n) is 5.73. The zero-order chi connectivity index (χ0) is 16.7. The molecule has 0 bridgehead atoms. The van der Waals surface area contributed by atoms with Crippen LogP contribution in [0.4, 0.5) is 5.82 Å². The van der Waals surface area contributed by atoms with E-state index in [1.54, 1.807) is 11.8 Å². The summed E-state index contributed by atoms with van der Waals surface area (Å²) in [6.07, 6.45) is 3.03. The maximum absolute atomic E-state index is 10.0. The first-order valence-corrected chi connectivity index (χ1v) is 9.77. The van der Waals surface area contributed by atoms with E-state index in [2.05, 4.69) is 42.3 Å². The molecular weight excluding hydrogens is 320 g/mol. The van der Waals surface area contributed by atoms with E-state index in [0.29, 0.717) is 5.92 Å². The number of hydrogen-bond acceptors (Lipinski definition) is 5. The molecule has 2 saturated heterocycles. The van der Waals surface area contributed by atoms with Crippen molar-refractivity contribution in [3.63, 3.8) is 0 Å². The smallest absolute Gasteiger partial charge is 0.129 e. The molecule has 0 spiro atoms. The van der Waals surface area contributed by atoms with Crippen molar-refractivity contribution in [2.75, 3.05) is 44.1 Å².